The molecule has 0 unspecified atom stereocenters. The highest BCUT2D eigenvalue weighted by Gasteiger charge is 2.08. The molecule has 0 saturated carbocycles. The summed E-state index contributed by atoms with van der Waals surface area (Å²) in [6.45, 7) is 0. The van der Waals surface area contributed by atoms with E-state index < -0.39 is 0 Å². The van der Waals surface area contributed by atoms with Gasteiger partial charge < -0.3 is 21.1 Å². The maximum Gasteiger partial charge on any atom is 0.220 e. The molecule has 1 heterocycles. The molecule has 0 amide bonds. The first-order chi connectivity index (χ1) is 6.71. The van der Waals surface area contributed by atoms with Gasteiger partial charge in [0.25, 0.3) is 0 Å². The molecule has 0 saturated heterocycles. The van der Waals surface area contributed by atoms with Gasteiger partial charge in [0.1, 0.15) is 0 Å². The van der Waals surface area contributed by atoms with Crippen LogP contribution in [0.4, 0.5) is 0 Å². The van der Waals surface area contributed by atoms with E-state index in [1.165, 1.54) is 20.3 Å². The molecule has 0 aromatic carbocycles. The number of aromatic nitrogens is 2. The summed E-state index contributed by atoms with van der Waals surface area (Å²) in [5.74, 6) is 5.84. The molecule has 0 atom stereocenters. The molecule has 0 bridgehead atoms. The lowest BCUT2D eigenvalue weighted by molar-refractivity contribution is 0.371. The normalized spacial score (nSPS) is 11.1. The highest BCUT2D eigenvalue weighted by Crippen LogP contribution is 2.14. The molecule has 7 heteroatoms. The van der Waals surface area contributed by atoms with Crippen LogP contribution in [0.1, 0.15) is 5.82 Å². The Balaban J connectivity index is 3.17. The average molecular weight is 197 g/mol. The van der Waals surface area contributed by atoms with Crippen LogP contribution in [0.25, 0.3) is 0 Å². The molecule has 0 fully saturated rings. The summed E-state index contributed by atoms with van der Waals surface area (Å²) < 4.78 is 9.82. The summed E-state index contributed by atoms with van der Waals surface area (Å²) in [6.07, 6.45) is 0. The number of amidine groups is 1. The number of hydrazone groups is 1. The van der Waals surface area contributed by atoms with Crippen molar-refractivity contribution in [3.63, 3.8) is 0 Å². The van der Waals surface area contributed by atoms with Crippen molar-refractivity contribution in [2.75, 3.05) is 14.2 Å². The molecule has 0 aliphatic carbocycles. The molecule has 0 spiro atoms. The first-order valence-electron chi connectivity index (χ1n) is 3.72. The molecular weight excluding hydrogens is 186 g/mol. The minimum Gasteiger partial charge on any atom is -0.481 e. The standard InChI is InChI=1S/C7H11N5O2/c1-13-4-3-5(14-2)11-7(10-4)6(8)12-9/h3H,9H2,1-2H3,(H2,8,12). The SMILES string of the molecule is COc1cc(OC)nc(C(N)=NN)n1. The highest BCUT2D eigenvalue weighted by atomic mass is 16.5. The number of hydrogen-bond acceptors (Lipinski definition) is 6. The third-order valence-electron chi connectivity index (χ3n) is 1.47. The van der Waals surface area contributed by atoms with Gasteiger partial charge in [-0.1, -0.05) is 0 Å². The minimum atomic E-state index is 0.0159. The van der Waals surface area contributed by atoms with E-state index in [4.69, 9.17) is 21.1 Å². The number of ether oxygens (including phenoxy) is 2. The van der Waals surface area contributed by atoms with Crippen molar-refractivity contribution in [1.29, 1.82) is 0 Å². The highest BCUT2D eigenvalue weighted by molar-refractivity contribution is 5.93. The number of hydrogen-bond donors (Lipinski definition) is 2. The fourth-order valence-electron chi connectivity index (χ4n) is 0.785. The largest absolute Gasteiger partial charge is 0.481 e. The van der Waals surface area contributed by atoms with Crippen LogP contribution in [-0.4, -0.2) is 30.0 Å². The molecular formula is C7H11N5O2. The van der Waals surface area contributed by atoms with Crippen molar-refractivity contribution >= 4 is 5.84 Å². The maximum atomic E-state index is 5.43. The Morgan fingerprint density at radius 1 is 1.29 bits per heavy atom. The fraction of sp³-hybridized carbons (Fsp3) is 0.286. The smallest absolute Gasteiger partial charge is 0.220 e. The van der Waals surface area contributed by atoms with Gasteiger partial charge in [-0.3, -0.25) is 0 Å². The summed E-state index contributed by atoms with van der Waals surface area (Å²) in [6, 6.07) is 1.52. The van der Waals surface area contributed by atoms with E-state index in [1.807, 2.05) is 0 Å². The van der Waals surface area contributed by atoms with Gasteiger partial charge in [0.15, 0.2) is 5.84 Å². The van der Waals surface area contributed by atoms with Gasteiger partial charge in [-0.2, -0.15) is 15.1 Å². The molecule has 7 nitrogen and oxygen atoms in total. The lowest BCUT2D eigenvalue weighted by Gasteiger charge is -2.04. The van der Waals surface area contributed by atoms with Crippen molar-refractivity contribution in [2.45, 2.75) is 0 Å². The lowest BCUT2D eigenvalue weighted by Crippen LogP contribution is -2.19. The van der Waals surface area contributed by atoms with Crippen LogP contribution in [0.15, 0.2) is 11.2 Å². The van der Waals surface area contributed by atoms with Gasteiger partial charge in [0.05, 0.1) is 20.3 Å². The van der Waals surface area contributed by atoms with Gasteiger partial charge in [-0.25, -0.2) is 0 Å². The Kier molecular flexibility index (Phi) is 3.05. The predicted molar refractivity (Wildman–Crippen MR) is 50.0 cm³/mol. The van der Waals surface area contributed by atoms with E-state index in [0.29, 0.717) is 11.8 Å². The predicted octanol–water partition coefficient (Wildman–Crippen LogP) is -0.927. The molecule has 1 aromatic heterocycles. The van der Waals surface area contributed by atoms with E-state index in [0.717, 1.165) is 0 Å². The molecule has 0 aliphatic rings. The summed E-state index contributed by atoms with van der Waals surface area (Å²) in [5.41, 5.74) is 5.43. The Hall–Kier alpha value is -2.05. The number of nitrogens with two attached hydrogens (primary N) is 2. The van der Waals surface area contributed by atoms with E-state index in [2.05, 4.69) is 15.1 Å². The Labute approximate surface area is 80.7 Å². The number of nitrogens with zero attached hydrogens (tertiary/aromatic N) is 3. The fourth-order valence-corrected chi connectivity index (χ4v) is 0.785. The van der Waals surface area contributed by atoms with Crippen molar-refractivity contribution in [1.82, 2.24) is 9.97 Å². The lowest BCUT2D eigenvalue weighted by atomic mass is 10.5. The quantitative estimate of drug-likeness (QED) is 0.280. The zero-order valence-electron chi connectivity index (χ0n) is 7.89. The van der Waals surface area contributed by atoms with Gasteiger partial charge in [0, 0.05) is 0 Å². The number of methoxy groups -OCH3 is 2. The average Bonchev–Trinajstić information content (AvgIpc) is 2.27. The van der Waals surface area contributed by atoms with Crippen LogP contribution in [-0.2, 0) is 0 Å². The number of rotatable bonds is 3. The van der Waals surface area contributed by atoms with Crippen LogP contribution in [0.2, 0.25) is 0 Å². The van der Waals surface area contributed by atoms with E-state index in [1.54, 1.807) is 0 Å². The van der Waals surface area contributed by atoms with Crippen LogP contribution >= 0.6 is 0 Å². The van der Waals surface area contributed by atoms with Crippen molar-refractivity contribution in [2.24, 2.45) is 16.7 Å². The zero-order chi connectivity index (χ0) is 10.6. The second-order valence-corrected chi connectivity index (χ2v) is 2.29. The summed E-state index contributed by atoms with van der Waals surface area (Å²) >= 11 is 0. The minimum absolute atomic E-state index is 0.0159. The van der Waals surface area contributed by atoms with Crippen molar-refractivity contribution in [3.05, 3.63) is 11.9 Å². The first-order valence-corrected chi connectivity index (χ1v) is 3.72. The van der Waals surface area contributed by atoms with Gasteiger partial charge >= 0.3 is 0 Å². The molecule has 0 radical (unpaired) electrons. The molecule has 76 valence electrons. The molecule has 14 heavy (non-hydrogen) atoms. The van der Waals surface area contributed by atoms with Crippen molar-refractivity contribution in [3.8, 4) is 11.8 Å². The van der Waals surface area contributed by atoms with E-state index >= 15 is 0 Å². The molecule has 0 aliphatic heterocycles. The molecule has 1 rings (SSSR count). The zero-order valence-corrected chi connectivity index (χ0v) is 7.89. The third kappa shape index (κ3) is 2.00. The monoisotopic (exact) mass is 197 g/mol. The van der Waals surface area contributed by atoms with Crippen LogP contribution < -0.4 is 21.1 Å². The molecule has 1 aromatic rings. The Morgan fingerprint density at radius 3 is 2.14 bits per heavy atom. The summed E-state index contributed by atoms with van der Waals surface area (Å²) in [5, 5.41) is 3.27. The van der Waals surface area contributed by atoms with Gasteiger partial charge in [-0.15, -0.1) is 0 Å². The second kappa shape index (κ2) is 4.26. The molecule has 4 N–H and O–H groups in total. The second-order valence-electron chi connectivity index (χ2n) is 2.29. The maximum absolute atomic E-state index is 5.43. The topological polar surface area (TPSA) is 109 Å². The third-order valence-corrected chi connectivity index (χ3v) is 1.47. The summed E-state index contributed by atoms with van der Waals surface area (Å²) in [4.78, 5) is 7.84. The van der Waals surface area contributed by atoms with Crippen LogP contribution in [0.5, 0.6) is 11.8 Å². The van der Waals surface area contributed by atoms with Gasteiger partial charge in [-0.05, 0) is 0 Å². The van der Waals surface area contributed by atoms with E-state index in [9.17, 15) is 0 Å². The summed E-state index contributed by atoms with van der Waals surface area (Å²) in [7, 11) is 2.95. The first kappa shape index (κ1) is 10.0. The van der Waals surface area contributed by atoms with Gasteiger partial charge in [0.2, 0.25) is 17.6 Å². The van der Waals surface area contributed by atoms with Crippen molar-refractivity contribution < 1.29 is 9.47 Å². The Bertz CT molecular complexity index is 330. The van der Waals surface area contributed by atoms with Crippen LogP contribution in [0, 0.1) is 0 Å². The van der Waals surface area contributed by atoms with Crippen LogP contribution in [0.3, 0.4) is 0 Å². The van der Waals surface area contributed by atoms with E-state index in [-0.39, 0.29) is 11.7 Å². The Morgan fingerprint density at radius 2 is 1.79 bits per heavy atom.